The van der Waals surface area contributed by atoms with E-state index in [1.54, 1.807) is 26.8 Å². The normalized spacial score (nSPS) is 43.4. The summed E-state index contributed by atoms with van der Waals surface area (Å²) in [5.74, 6) is -5.15. The first-order valence-electron chi connectivity index (χ1n) is 15.5. The van der Waals surface area contributed by atoms with Crippen molar-refractivity contribution in [3.05, 3.63) is 36.3 Å². The van der Waals surface area contributed by atoms with Crippen LogP contribution in [0, 0.1) is 28.6 Å². The highest BCUT2D eigenvalue weighted by Gasteiger charge is 2.82. The van der Waals surface area contributed by atoms with Gasteiger partial charge in [0.05, 0.1) is 36.9 Å². The first-order chi connectivity index (χ1) is 21.2. The Morgan fingerprint density at radius 3 is 2.56 bits per heavy atom. The Kier molecular flexibility index (Phi) is 7.35. The second-order valence-electron chi connectivity index (χ2n) is 14.0. The van der Waals surface area contributed by atoms with E-state index in [1.807, 2.05) is 13.8 Å². The summed E-state index contributed by atoms with van der Waals surface area (Å²) in [6.07, 6.45) is -2.06. The van der Waals surface area contributed by atoms with E-state index in [9.17, 15) is 29.1 Å². The molecule has 12 nitrogen and oxygen atoms in total. The number of aliphatic hydroxyl groups excluding tert-OH is 1. The van der Waals surface area contributed by atoms with Crippen LogP contribution in [-0.2, 0) is 47.7 Å². The van der Waals surface area contributed by atoms with Gasteiger partial charge in [0.1, 0.15) is 24.4 Å². The zero-order valence-electron chi connectivity index (χ0n) is 26.1. The maximum absolute atomic E-state index is 14.5. The Morgan fingerprint density at radius 1 is 1.18 bits per heavy atom. The van der Waals surface area contributed by atoms with Gasteiger partial charge in [-0.15, -0.1) is 0 Å². The van der Waals surface area contributed by atoms with Crippen LogP contribution in [0.1, 0.15) is 71.8 Å². The van der Waals surface area contributed by atoms with Crippen molar-refractivity contribution in [1.82, 2.24) is 0 Å². The maximum Gasteiger partial charge on any atom is 0.335 e. The van der Waals surface area contributed by atoms with Crippen molar-refractivity contribution in [2.75, 3.05) is 6.61 Å². The molecular formula is C33H40O12. The van der Waals surface area contributed by atoms with Gasteiger partial charge in [-0.25, -0.2) is 4.79 Å². The monoisotopic (exact) mass is 628 g/mol. The topological polar surface area (TPSA) is 165 Å². The highest BCUT2D eigenvalue weighted by molar-refractivity contribution is 5.97. The summed E-state index contributed by atoms with van der Waals surface area (Å²) in [6.45, 7) is 13.2. The predicted molar refractivity (Wildman–Crippen MR) is 152 cm³/mol. The number of Topliss-reactive ketones (excluding diaryl/α,β-unsaturated/α-hetero) is 1. The van der Waals surface area contributed by atoms with Gasteiger partial charge in [-0.3, -0.25) is 19.2 Å². The Hall–Kier alpha value is -3.51. The lowest BCUT2D eigenvalue weighted by Gasteiger charge is -2.67. The molecule has 2 saturated carbocycles. The maximum atomic E-state index is 14.5. The van der Waals surface area contributed by atoms with E-state index in [-0.39, 0.29) is 38.1 Å². The standard InChI is InChI=1S/C33H40O12/c1-7-16(2)26(38)29(39)43-28-27(42-15-34)25-17(3)33(21(35)10-19(32(28,33)6)18-8-9-40-13-18)44-22-12-24(37)45-30(4)14-41-23(36)11-20(30)31(22,25)5/h8-9,13,15-16,19-20,22,25-28,38H,3,7,10-12,14H2,1-2,4-6H3/t16-,19+,20-,22+,25+,26+,27+,28+,30+,31+,32+,33+/m0/s1. The molecule has 45 heavy (non-hydrogen) atoms. The van der Waals surface area contributed by atoms with Crippen molar-refractivity contribution >= 4 is 30.2 Å². The minimum absolute atomic E-state index is 0.0566. The number of carbonyl (C=O) groups is 5. The van der Waals surface area contributed by atoms with Crippen LogP contribution in [0.2, 0.25) is 0 Å². The molecule has 0 radical (unpaired) electrons. The summed E-state index contributed by atoms with van der Waals surface area (Å²) in [5, 5.41) is 10.9. The third-order valence-corrected chi connectivity index (χ3v) is 11.9. The molecule has 12 atom stereocenters. The number of aliphatic hydroxyl groups is 1. The molecule has 0 aromatic carbocycles. The van der Waals surface area contributed by atoms with Gasteiger partial charge in [-0.1, -0.05) is 40.7 Å². The molecule has 3 saturated heterocycles. The minimum atomic E-state index is -1.80. The van der Waals surface area contributed by atoms with Crippen molar-refractivity contribution in [2.24, 2.45) is 28.6 Å². The number of esters is 3. The third kappa shape index (κ3) is 4.06. The van der Waals surface area contributed by atoms with E-state index in [4.69, 9.17) is 28.1 Å². The number of carbonyl (C=O) groups excluding carboxylic acids is 5. The van der Waals surface area contributed by atoms with Crippen LogP contribution in [0.25, 0.3) is 0 Å². The van der Waals surface area contributed by atoms with Gasteiger partial charge in [0.15, 0.2) is 17.5 Å². The molecule has 244 valence electrons. The van der Waals surface area contributed by atoms with Crippen molar-refractivity contribution in [2.45, 2.75) is 102 Å². The zero-order valence-corrected chi connectivity index (χ0v) is 26.1. The molecule has 4 heterocycles. The zero-order chi connectivity index (χ0) is 32.7. The number of fused-ring (bicyclic) bond motifs is 5. The molecule has 3 aliphatic heterocycles. The van der Waals surface area contributed by atoms with Crippen molar-refractivity contribution < 1.29 is 57.2 Å². The first kappa shape index (κ1) is 31.5. The molecule has 5 fully saturated rings. The minimum Gasteiger partial charge on any atom is -0.472 e. The largest absolute Gasteiger partial charge is 0.472 e. The average Bonchev–Trinajstić information content (AvgIpc) is 3.58. The lowest BCUT2D eigenvalue weighted by atomic mass is 9.44. The Morgan fingerprint density at radius 2 is 1.91 bits per heavy atom. The molecule has 5 aliphatic rings. The molecule has 1 N–H and O–H groups in total. The Bertz CT molecular complexity index is 1430. The smallest absolute Gasteiger partial charge is 0.335 e. The summed E-state index contributed by atoms with van der Waals surface area (Å²) in [7, 11) is 0. The molecule has 2 bridgehead atoms. The van der Waals surface area contributed by atoms with Gasteiger partial charge >= 0.3 is 17.9 Å². The van der Waals surface area contributed by atoms with Crippen LogP contribution in [0.5, 0.6) is 0 Å². The molecule has 0 amide bonds. The summed E-state index contributed by atoms with van der Waals surface area (Å²) in [4.78, 5) is 66.6. The quantitative estimate of drug-likeness (QED) is 0.203. The third-order valence-electron chi connectivity index (χ3n) is 11.9. The number of cyclic esters (lactones) is 1. The lowest BCUT2D eigenvalue weighted by molar-refractivity contribution is -0.296. The van der Waals surface area contributed by atoms with Gasteiger partial charge in [-0.2, -0.15) is 0 Å². The van der Waals surface area contributed by atoms with Gasteiger partial charge in [-0.05, 0) is 30.0 Å². The van der Waals surface area contributed by atoms with Crippen LogP contribution in [-0.4, -0.2) is 77.5 Å². The van der Waals surface area contributed by atoms with Crippen LogP contribution >= 0.6 is 0 Å². The molecule has 1 aromatic rings. The number of rotatable bonds is 7. The van der Waals surface area contributed by atoms with Crippen LogP contribution in [0.3, 0.4) is 0 Å². The van der Waals surface area contributed by atoms with Crippen molar-refractivity contribution in [3.63, 3.8) is 0 Å². The summed E-state index contributed by atoms with van der Waals surface area (Å²) >= 11 is 0. The van der Waals surface area contributed by atoms with E-state index < -0.39 is 88.0 Å². The molecule has 2 aliphatic carbocycles. The second kappa shape index (κ2) is 10.5. The average molecular weight is 629 g/mol. The van der Waals surface area contributed by atoms with Gasteiger partial charge in [0, 0.05) is 29.6 Å². The highest BCUT2D eigenvalue weighted by Crippen LogP contribution is 2.72. The SMILES string of the molecule is C=C1[C@@H]2[C@@H](OC=O)[C@@H](OC(=O)[C@H](O)[C@@H](C)CC)[C@@]3(C)[C@@H](c4ccoc4)CC(=O)[C@]13O[C@@H]1CC(=O)O[C@]3(C)COC(=O)C[C@@H]3[C@@]21C. The second-order valence-corrected chi connectivity index (χ2v) is 14.0. The van der Waals surface area contributed by atoms with E-state index in [2.05, 4.69) is 6.58 Å². The highest BCUT2D eigenvalue weighted by atomic mass is 16.6. The first-order valence-corrected chi connectivity index (χ1v) is 15.5. The fraction of sp³-hybridized carbons (Fsp3) is 0.667. The summed E-state index contributed by atoms with van der Waals surface area (Å²) in [5.41, 5.74) is -4.78. The molecule has 1 spiro atoms. The van der Waals surface area contributed by atoms with Crippen LogP contribution in [0.4, 0.5) is 0 Å². The Balaban J connectivity index is 1.60. The van der Waals surface area contributed by atoms with Gasteiger partial charge in [0.2, 0.25) is 0 Å². The summed E-state index contributed by atoms with van der Waals surface area (Å²) < 4.78 is 35.7. The van der Waals surface area contributed by atoms with Crippen LogP contribution < -0.4 is 0 Å². The number of ketones is 1. The number of hydrogen-bond donors (Lipinski definition) is 1. The van der Waals surface area contributed by atoms with E-state index >= 15 is 0 Å². The molecular weight excluding hydrogens is 588 g/mol. The fourth-order valence-corrected chi connectivity index (χ4v) is 9.37. The number of hydrogen-bond acceptors (Lipinski definition) is 12. The number of furan rings is 1. The molecule has 0 unspecified atom stereocenters. The van der Waals surface area contributed by atoms with Gasteiger partial charge in [0.25, 0.3) is 6.47 Å². The van der Waals surface area contributed by atoms with E-state index in [0.29, 0.717) is 17.6 Å². The van der Waals surface area contributed by atoms with E-state index in [0.717, 1.165) is 0 Å². The fourth-order valence-electron chi connectivity index (χ4n) is 9.37. The molecule has 6 rings (SSSR count). The lowest BCUT2D eigenvalue weighted by Crippen LogP contribution is -2.77. The predicted octanol–water partition coefficient (Wildman–Crippen LogP) is 2.80. The van der Waals surface area contributed by atoms with Crippen molar-refractivity contribution in [1.29, 1.82) is 0 Å². The van der Waals surface area contributed by atoms with Crippen LogP contribution in [0.15, 0.2) is 35.2 Å². The molecule has 12 heteroatoms. The number of ether oxygens (including phenoxy) is 5. The van der Waals surface area contributed by atoms with E-state index in [1.165, 1.54) is 12.5 Å². The van der Waals surface area contributed by atoms with Gasteiger partial charge < -0.3 is 33.2 Å². The van der Waals surface area contributed by atoms with Crippen molar-refractivity contribution in [3.8, 4) is 0 Å². The summed E-state index contributed by atoms with van der Waals surface area (Å²) in [6, 6.07) is 1.70. The molecule has 1 aromatic heterocycles. The Labute approximate surface area is 260 Å².